The van der Waals surface area contributed by atoms with E-state index in [1.807, 2.05) is 9.80 Å². The molecule has 0 aromatic carbocycles. The van der Waals surface area contributed by atoms with Crippen molar-refractivity contribution in [3.05, 3.63) is 29.6 Å². The maximum Gasteiger partial charge on any atom is 0.325 e. The molecule has 1 aromatic heterocycles. The Bertz CT molecular complexity index is 1870. The first-order valence-electron chi connectivity index (χ1n) is 22.8. The number of nitrogens with zero attached hydrogens (tertiary/aromatic N) is 6. The SMILES string of the molecule is CC(C(=O)NCC(=O)OCCC#Cc1cncc([C@H](CC(=O)O)NC(=O)[C@@H]2CCCN(C(=O)CCC3CCNCC3)C2)c1)N1CCN(CC=O)CCN(CC(=O)[O-])CCN(CC(=O)[O-])CC1. The maximum absolute atomic E-state index is 13.5. The van der Waals surface area contributed by atoms with Crippen molar-refractivity contribution in [2.75, 3.05) is 111 Å². The molecule has 3 fully saturated rings. The molecule has 0 saturated carbocycles. The Morgan fingerprint density at radius 3 is 2.23 bits per heavy atom. The minimum Gasteiger partial charge on any atom is -0.549 e. The summed E-state index contributed by atoms with van der Waals surface area (Å²) in [5.41, 5.74) is 0.896. The number of aldehydes is 1. The van der Waals surface area contributed by atoms with Crippen LogP contribution in [-0.4, -0.2) is 200 Å². The number of aliphatic carboxylic acids is 3. The Labute approximate surface area is 385 Å². The number of aromatic nitrogens is 1. The number of carboxylic acid groups (broad SMARTS) is 3. The number of esters is 1. The first kappa shape index (κ1) is 53.1. The number of pyridine rings is 1. The molecular formula is C45H65N9O12-2. The minimum absolute atomic E-state index is 0.0424. The average Bonchev–Trinajstić information content (AvgIpc) is 3.29. The zero-order valence-corrected chi connectivity index (χ0v) is 37.9. The predicted octanol–water partition coefficient (Wildman–Crippen LogP) is -3.56. The van der Waals surface area contributed by atoms with Crippen LogP contribution in [0.1, 0.15) is 75.5 Å². The zero-order chi connectivity index (χ0) is 47.8. The molecule has 21 heteroatoms. The van der Waals surface area contributed by atoms with Crippen molar-refractivity contribution in [2.24, 2.45) is 11.8 Å². The summed E-state index contributed by atoms with van der Waals surface area (Å²) in [4.78, 5) is 111. The van der Waals surface area contributed by atoms with Gasteiger partial charge in [0.25, 0.3) is 0 Å². The second kappa shape index (κ2) is 28.5. The van der Waals surface area contributed by atoms with Crippen LogP contribution in [0.2, 0.25) is 0 Å². The third-order valence-electron chi connectivity index (χ3n) is 12.2. The van der Waals surface area contributed by atoms with Crippen LogP contribution in [0, 0.1) is 23.7 Å². The third kappa shape index (κ3) is 19.5. The largest absolute Gasteiger partial charge is 0.549 e. The Morgan fingerprint density at radius 2 is 1.58 bits per heavy atom. The number of carbonyl (C=O) groups excluding carboxylic acids is 7. The van der Waals surface area contributed by atoms with Gasteiger partial charge in [-0.1, -0.05) is 11.8 Å². The number of hydrogen-bond acceptors (Lipinski definition) is 17. The van der Waals surface area contributed by atoms with Crippen molar-refractivity contribution < 1.29 is 58.4 Å². The molecule has 4 rings (SSSR count). The molecule has 3 amide bonds. The van der Waals surface area contributed by atoms with Crippen LogP contribution in [0.4, 0.5) is 0 Å². The van der Waals surface area contributed by atoms with E-state index in [0.717, 1.165) is 38.6 Å². The van der Waals surface area contributed by atoms with Gasteiger partial charge in [0.15, 0.2) is 0 Å². The number of carboxylic acids is 3. The normalized spacial score (nSPS) is 19.7. The lowest BCUT2D eigenvalue weighted by Crippen LogP contribution is -2.53. The first-order chi connectivity index (χ1) is 31.7. The maximum atomic E-state index is 13.5. The van der Waals surface area contributed by atoms with Crippen LogP contribution in [0.3, 0.4) is 0 Å². The Kier molecular flexibility index (Phi) is 22.9. The highest BCUT2D eigenvalue weighted by Crippen LogP contribution is 2.24. The molecule has 21 nitrogen and oxygen atoms in total. The molecule has 0 aliphatic carbocycles. The first-order valence-corrected chi connectivity index (χ1v) is 22.8. The summed E-state index contributed by atoms with van der Waals surface area (Å²) in [5, 5.41) is 41.3. The molecule has 3 aliphatic heterocycles. The van der Waals surface area contributed by atoms with Crippen LogP contribution in [0.5, 0.6) is 0 Å². The van der Waals surface area contributed by atoms with Gasteiger partial charge in [-0.15, -0.1) is 0 Å². The van der Waals surface area contributed by atoms with Crippen LogP contribution in [0.15, 0.2) is 18.5 Å². The summed E-state index contributed by atoms with van der Waals surface area (Å²) in [7, 11) is 0. The number of nitrogens with one attached hydrogen (secondary N) is 3. The topological polar surface area (TPSA) is 277 Å². The molecule has 364 valence electrons. The number of amides is 3. The van der Waals surface area contributed by atoms with Gasteiger partial charge in [0, 0.05) is 109 Å². The van der Waals surface area contributed by atoms with E-state index in [9.17, 15) is 53.7 Å². The van der Waals surface area contributed by atoms with Gasteiger partial charge in [-0.25, -0.2) is 0 Å². The minimum atomic E-state index is -1.31. The van der Waals surface area contributed by atoms with E-state index in [4.69, 9.17) is 4.74 Å². The van der Waals surface area contributed by atoms with Gasteiger partial charge in [0.1, 0.15) is 19.4 Å². The van der Waals surface area contributed by atoms with Gasteiger partial charge in [-0.05, 0) is 69.7 Å². The summed E-state index contributed by atoms with van der Waals surface area (Å²) in [5.74, 6) is 0.689. The number of carbonyl (C=O) groups is 8. The van der Waals surface area contributed by atoms with Gasteiger partial charge in [0.2, 0.25) is 17.7 Å². The molecule has 0 bridgehead atoms. The number of ether oxygens (including phenoxy) is 1. The summed E-state index contributed by atoms with van der Waals surface area (Å²) in [6.07, 6.45) is 8.08. The molecule has 1 unspecified atom stereocenters. The molecule has 4 heterocycles. The monoisotopic (exact) mass is 923 g/mol. The smallest absolute Gasteiger partial charge is 0.325 e. The quantitative estimate of drug-likeness (QED) is 0.0426. The van der Waals surface area contributed by atoms with E-state index in [1.54, 1.807) is 27.7 Å². The van der Waals surface area contributed by atoms with Crippen molar-refractivity contribution in [1.29, 1.82) is 0 Å². The highest BCUT2D eigenvalue weighted by Gasteiger charge is 2.31. The molecule has 1 aromatic rings. The molecular weight excluding hydrogens is 859 g/mol. The number of likely N-dealkylation sites (tertiary alicyclic amines) is 1. The third-order valence-corrected chi connectivity index (χ3v) is 12.2. The summed E-state index contributed by atoms with van der Waals surface area (Å²) in [6.45, 7) is 5.44. The van der Waals surface area contributed by atoms with Crippen LogP contribution in [0.25, 0.3) is 0 Å². The summed E-state index contributed by atoms with van der Waals surface area (Å²) >= 11 is 0. The van der Waals surface area contributed by atoms with Crippen LogP contribution in [-0.2, 0) is 43.1 Å². The zero-order valence-electron chi connectivity index (χ0n) is 37.9. The standard InChI is InChI=1S/C45H67N9O12/c1-33(53-20-18-50(22-23-55)14-15-51(31-41(59)60)16-17-52(19-21-53)32-42(61)62)44(64)48-29-43(63)66-24-3-2-5-35-25-37(28-47-27-35)38(26-40(57)58)49-45(65)36-6-4-13-54(30-36)39(56)8-7-34-9-11-46-12-10-34/h23,25,27-28,33-34,36,38,46H,3-4,6-22,24,26,29-32H2,1H3,(H,48,64)(H,49,65)(H,57,58)(H,59,60)(H,61,62)/p-2/t33?,36-,38+/m1/s1. The molecule has 3 atom stereocenters. The predicted molar refractivity (Wildman–Crippen MR) is 233 cm³/mol. The number of hydrogen-bond donors (Lipinski definition) is 4. The van der Waals surface area contributed by atoms with Gasteiger partial charge in [-0.2, -0.15) is 0 Å². The molecule has 66 heavy (non-hydrogen) atoms. The lowest BCUT2D eigenvalue weighted by Gasteiger charge is -2.35. The fraction of sp³-hybridized carbons (Fsp3) is 0.667. The van der Waals surface area contributed by atoms with E-state index in [1.165, 1.54) is 12.4 Å². The fourth-order valence-electron chi connectivity index (χ4n) is 8.32. The lowest BCUT2D eigenvalue weighted by atomic mass is 9.92. The molecule has 3 saturated heterocycles. The van der Waals surface area contributed by atoms with E-state index in [-0.39, 0.29) is 77.2 Å². The highest BCUT2D eigenvalue weighted by molar-refractivity contribution is 5.85. The summed E-state index contributed by atoms with van der Waals surface area (Å²) < 4.78 is 5.27. The molecule has 4 N–H and O–H groups in total. The number of rotatable bonds is 20. The van der Waals surface area contributed by atoms with Crippen molar-refractivity contribution >= 4 is 47.9 Å². The van der Waals surface area contributed by atoms with E-state index in [2.05, 4.69) is 32.8 Å². The van der Waals surface area contributed by atoms with Crippen LogP contribution < -0.4 is 26.2 Å². The average molecular weight is 924 g/mol. The van der Waals surface area contributed by atoms with E-state index in [0.29, 0.717) is 62.5 Å². The lowest BCUT2D eigenvalue weighted by molar-refractivity contribution is -0.308. The fourth-order valence-corrected chi connectivity index (χ4v) is 8.32. The van der Waals surface area contributed by atoms with Crippen molar-refractivity contribution in [3.63, 3.8) is 0 Å². The molecule has 0 radical (unpaired) electrons. The van der Waals surface area contributed by atoms with Crippen molar-refractivity contribution in [3.8, 4) is 11.8 Å². The Balaban J connectivity index is 1.25. The van der Waals surface area contributed by atoms with Crippen molar-refractivity contribution in [1.82, 2.24) is 45.4 Å². The molecule has 3 aliphatic rings. The van der Waals surface area contributed by atoms with Gasteiger partial charge in [0.05, 0.1) is 42.9 Å². The van der Waals surface area contributed by atoms with E-state index >= 15 is 0 Å². The Hall–Kier alpha value is -5.53. The second-order valence-electron chi connectivity index (χ2n) is 17.0. The Morgan fingerprint density at radius 1 is 0.924 bits per heavy atom. The van der Waals surface area contributed by atoms with Gasteiger partial charge >= 0.3 is 11.9 Å². The van der Waals surface area contributed by atoms with Crippen LogP contribution >= 0.6 is 0 Å². The number of piperidine rings is 2. The van der Waals surface area contributed by atoms with Gasteiger partial charge in [-0.3, -0.25) is 48.6 Å². The molecule has 0 spiro atoms. The van der Waals surface area contributed by atoms with Crippen molar-refractivity contribution in [2.45, 2.75) is 70.4 Å². The summed E-state index contributed by atoms with van der Waals surface area (Å²) in [6, 6.07) is -0.0102. The van der Waals surface area contributed by atoms with Gasteiger partial charge < -0.3 is 55.3 Å². The second-order valence-corrected chi connectivity index (χ2v) is 17.0. The van der Waals surface area contributed by atoms with E-state index < -0.39 is 67.3 Å². The highest BCUT2D eigenvalue weighted by atomic mass is 16.5.